The number of hydrogen-bond donors (Lipinski definition) is 3. The molecule has 0 fully saturated rings. The van der Waals surface area contributed by atoms with E-state index in [0.29, 0.717) is 62.3 Å². The minimum absolute atomic E-state index is 0.00179. The van der Waals surface area contributed by atoms with Crippen molar-refractivity contribution in [1.82, 2.24) is 24.8 Å². The Morgan fingerprint density at radius 2 is 2.02 bits per heavy atom. The van der Waals surface area contributed by atoms with Crippen LogP contribution in [0.5, 0.6) is 5.75 Å². The molecular weight excluding hydrogens is 564 g/mol. The van der Waals surface area contributed by atoms with Crippen LogP contribution < -0.4 is 10.1 Å². The second-order valence-corrected chi connectivity index (χ2v) is 10.9. The number of aromatic nitrogens is 3. The lowest BCUT2D eigenvalue weighted by molar-refractivity contribution is -0.126. The second kappa shape index (κ2) is 13.8. The minimum atomic E-state index is -0.0644. The van der Waals surface area contributed by atoms with Crippen LogP contribution in [-0.4, -0.2) is 80.3 Å². The number of anilines is 2. The molecule has 0 atom stereocenters. The third kappa shape index (κ3) is 7.19. The van der Waals surface area contributed by atoms with E-state index in [1.807, 2.05) is 40.1 Å². The van der Waals surface area contributed by atoms with Gasteiger partial charge in [-0.05, 0) is 42.3 Å². The van der Waals surface area contributed by atoms with Crippen molar-refractivity contribution < 1.29 is 19.7 Å². The van der Waals surface area contributed by atoms with Crippen LogP contribution in [-0.2, 0) is 24.4 Å². The molecule has 10 nitrogen and oxygen atoms in total. The average molecular weight is 595 g/mol. The standard InChI is InChI=1S/C29H31ClN6O4S/c30-23-16-20(6-7-24(23)40-18-21-4-1-2-9-31-21)34-28-27-22-8-11-36(17-25(22)41-29(27)33-19-32-28)26(39)5-3-10-35(12-14-37)13-15-38/h1-7,9,16,19,37-38H,8,10-15,17-18H2,(H,32,33,34). The van der Waals surface area contributed by atoms with Gasteiger partial charge in [0.25, 0.3) is 0 Å². The Balaban J connectivity index is 1.26. The Morgan fingerprint density at radius 1 is 1.17 bits per heavy atom. The van der Waals surface area contributed by atoms with E-state index >= 15 is 0 Å². The van der Waals surface area contributed by atoms with Gasteiger partial charge in [-0.25, -0.2) is 9.97 Å². The molecule has 41 heavy (non-hydrogen) atoms. The van der Waals surface area contributed by atoms with Crippen molar-refractivity contribution >= 4 is 50.6 Å². The third-order valence-corrected chi connectivity index (χ3v) is 8.12. The lowest BCUT2D eigenvalue weighted by atomic mass is 10.0. The number of nitrogens with zero attached hydrogens (tertiary/aromatic N) is 5. The Bertz CT molecular complexity index is 1510. The number of aliphatic hydroxyl groups excluding tert-OH is 2. The Morgan fingerprint density at radius 3 is 2.78 bits per heavy atom. The highest BCUT2D eigenvalue weighted by atomic mass is 35.5. The number of aliphatic hydroxyl groups is 2. The van der Waals surface area contributed by atoms with Crippen molar-refractivity contribution in [2.24, 2.45) is 0 Å². The van der Waals surface area contributed by atoms with E-state index in [4.69, 9.17) is 26.6 Å². The van der Waals surface area contributed by atoms with Crippen molar-refractivity contribution in [2.75, 3.05) is 44.7 Å². The number of pyridine rings is 1. The van der Waals surface area contributed by atoms with E-state index in [2.05, 4.69) is 20.3 Å². The van der Waals surface area contributed by atoms with E-state index in [-0.39, 0.29) is 19.1 Å². The molecule has 12 heteroatoms. The topological polar surface area (TPSA) is 124 Å². The first-order chi connectivity index (χ1) is 20.1. The molecule has 5 rings (SSSR count). The first-order valence-electron chi connectivity index (χ1n) is 13.3. The number of nitrogens with one attached hydrogen (secondary N) is 1. The molecule has 1 aliphatic heterocycles. The summed E-state index contributed by atoms with van der Waals surface area (Å²) in [5.74, 6) is 1.20. The number of amides is 1. The number of halogens is 1. The minimum Gasteiger partial charge on any atom is -0.486 e. The zero-order valence-corrected chi connectivity index (χ0v) is 23.9. The summed E-state index contributed by atoms with van der Waals surface area (Å²) >= 11 is 8.09. The highest BCUT2D eigenvalue weighted by molar-refractivity contribution is 7.19. The van der Waals surface area contributed by atoms with Crippen LogP contribution in [0.2, 0.25) is 5.02 Å². The van der Waals surface area contributed by atoms with Gasteiger partial charge in [0.05, 0.1) is 35.9 Å². The highest BCUT2D eigenvalue weighted by Crippen LogP contribution is 2.38. The molecule has 214 valence electrons. The molecular formula is C29H31ClN6O4S. The lowest BCUT2D eigenvalue weighted by Crippen LogP contribution is -2.34. The van der Waals surface area contributed by atoms with Gasteiger partial charge in [0.15, 0.2) is 0 Å². The predicted octanol–water partition coefficient (Wildman–Crippen LogP) is 3.79. The summed E-state index contributed by atoms with van der Waals surface area (Å²) in [4.78, 5) is 31.8. The van der Waals surface area contributed by atoms with Crippen LogP contribution in [0.1, 0.15) is 16.1 Å². The maximum Gasteiger partial charge on any atom is 0.246 e. The summed E-state index contributed by atoms with van der Waals surface area (Å²) in [5, 5.41) is 23.1. The normalized spacial score (nSPS) is 13.2. The monoisotopic (exact) mass is 594 g/mol. The van der Waals surface area contributed by atoms with Gasteiger partial charge in [0, 0.05) is 49.0 Å². The van der Waals surface area contributed by atoms with Crippen LogP contribution in [0.25, 0.3) is 10.2 Å². The van der Waals surface area contributed by atoms with E-state index in [0.717, 1.165) is 32.0 Å². The van der Waals surface area contributed by atoms with Crippen molar-refractivity contribution in [3.05, 3.63) is 82.2 Å². The van der Waals surface area contributed by atoms with E-state index < -0.39 is 0 Å². The summed E-state index contributed by atoms with van der Waals surface area (Å²) in [6.45, 7) is 2.79. The molecule has 3 aromatic heterocycles. The molecule has 0 spiro atoms. The van der Waals surface area contributed by atoms with Gasteiger partial charge in [0.1, 0.15) is 29.3 Å². The van der Waals surface area contributed by atoms with Crippen molar-refractivity contribution in [2.45, 2.75) is 19.6 Å². The van der Waals surface area contributed by atoms with Crippen LogP contribution in [0.4, 0.5) is 11.5 Å². The van der Waals surface area contributed by atoms with Gasteiger partial charge in [-0.15, -0.1) is 11.3 Å². The van der Waals surface area contributed by atoms with Gasteiger partial charge < -0.3 is 25.2 Å². The van der Waals surface area contributed by atoms with E-state index in [9.17, 15) is 4.79 Å². The Kier molecular flexibility index (Phi) is 9.75. The molecule has 1 amide bonds. The van der Waals surface area contributed by atoms with Gasteiger partial charge in [-0.3, -0.25) is 14.7 Å². The number of carbonyl (C=O) groups excluding carboxylic acids is 1. The smallest absolute Gasteiger partial charge is 0.246 e. The fourth-order valence-corrected chi connectivity index (χ4v) is 6.10. The van der Waals surface area contributed by atoms with Crippen LogP contribution in [0, 0.1) is 0 Å². The molecule has 0 unspecified atom stereocenters. The van der Waals surface area contributed by atoms with Crippen molar-refractivity contribution in [3.8, 4) is 5.75 Å². The fourth-order valence-electron chi connectivity index (χ4n) is 4.66. The number of rotatable bonds is 12. The quantitative estimate of drug-likeness (QED) is 0.210. The summed E-state index contributed by atoms with van der Waals surface area (Å²) in [6, 6.07) is 11.2. The molecule has 1 aromatic carbocycles. The third-order valence-electron chi connectivity index (χ3n) is 6.70. The summed E-state index contributed by atoms with van der Waals surface area (Å²) in [7, 11) is 0. The summed E-state index contributed by atoms with van der Waals surface area (Å²) < 4.78 is 5.84. The maximum absolute atomic E-state index is 12.9. The lowest BCUT2D eigenvalue weighted by Gasteiger charge is -2.26. The predicted molar refractivity (Wildman–Crippen MR) is 160 cm³/mol. The summed E-state index contributed by atoms with van der Waals surface area (Å²) in [5.41, 5.74) is 2.74. The molecule has 0 saturated heterocycles. The Labute approximate surface area is 246 Å². The summed E-state index contributed by atoms with van der Waals surface area (Å²) in [6.07, 6.45) is 7.30. The molecule has 0 bridgehead atoms. The second-order valence-electron chi connectivity index (χ2n) is 9.45. The zero-order valence-electron chi connectivity index (χ0n) is 22.4. The van der Waals surface area contributed by atoms with Crippen LogP contribution in [0.15, 0.2) is 61.1 Å². The van der Waals surface area contributed by atoms with Crippen molar-refractivity contribution in [1.29, 1.82) is 0 Å². The maximum atomic E-state index is 12.9. The molecule has 4 aromatic rings. The number of thiophene rings is 1. The van der Waals surface area contributed by atoms with Gasteiger partial charge >= 0.3 is 0 Å². The first-order valence-corrected chi connectivity index (χ1v) is 14.5. The number of ether oxygens (including phenoxy) is 1. The highest BCUT2D eigenvalue weighted by Gasteiger charge is 2.25. The molecule has 4 heterocycles. The van der Waals surface area contributed by atoms with E-state index in [1.165, 1.54) is 6.33 Å². The van der Waals surface area contributed by atoms with Gasteiger partial charge in [-0.1, -0.05) is 23.7 Å². The molecule has 0 radical (unpaired) electrons. The zero-order chi connectivity index (χ0) is 28.6. The number of benzene rings is 1. The SMILES string of the molecule is O=C(C=CCN(CCO)CCO)N1CCc2c(sc3ncnc(Nc4ccc(OCc5ccccn5)c(Cl)c4)c23)C1. The van der Waals surface area contributed by atoms with E-state index in [1.54, 1.807) is 35.8 Å². The van der Waals surface area contributed by atoms with Crippen LogP contribution >= 0.6 is 22.9 Å². The van der Waals surface area contributed by atoms with Crippen molar-refractivity contribution in [3.63, 3.8) is 0 Å². The van der Waals surface area contributed by atoms with Gasteiger partial charge in [0.2, 0.25) is 5.91 Å². The molecule has 0 saturated carbocycles. The number of hydrogen-bond acceptors (Lipinski definition) is 10. The molecule has 0 aliphatic carbocycles. The number of carbonyl (C=O) groups is 1. The molecule has 3 N–H and O–H groups in total. The fraction of sp³-hybridized carbons (Fsp3) is 0.310. The average Bonchev–Trinajstić information content (AvgIpc) is 3.36. The first kappa shape index (κ1) is 28.9. The van der Waals surface area contributed by atoms with Gasteiger partial charge in [-0.2, -0.15) is 0 Å². The number of fused-ring (bicyclic) bond motifs is 3. The Hall–Kier alpha value is -3.61. The largest absolute Gasteiger partial charge is 0.486 e. The van der Waals surface area contributed by atoms with Crippen LogP contribution in [0.3, 0.4) is 0 Å². The molecule has 1 aliphatic rings.